The Kier molecular flexibility index (Phi) is 3.64. The van der Waals surface area contributed by atoms with Crippen LogP contribution in [-0.2, 0) is 0 Å². The molecule has 0 heterocycles. The van der Waals surface area contributed by atoms with Gasteiger partial charge in [0, 0.05) is 0 Å². The molecule has 0 aliphatic rings. The van der Waals surface area contributed by atoms with Crippen LogP contribution in [0.3, 0.4) is 0 Å². The van der Waals surface area contributed by atoms with Crippen molar-refractivity contribution >= 4 is 49.8 Å². The summed E-state index contributed by atoms with van der Waals surface area (Å²) in [6.07, 6.45) is 0. The van der Waals surface area contributed by atoms with Gasteiger partial charge in [0.2, 0.25) is 0 Å². The van der Waals surface area contributed by atoms with Gasteiger partial charge in [-0.3, -0.25) is 0 Å². The van der Waals surface area contributed by atoms with E-state index in [2.05, 4.69) is 43.2 Å². The second-order valence-electron chi connectivity index (χ2n) is 0.638. The molecule has 0 saturated heterocycles. The third kappa shape index (κ3) is 22.4. The topological polar surface area (TPSA) is 0 Å². The van der Waals surface area contributed by atoms with Crippen LogP contribution in [0.2, 0.25) is 4.97 Å². The van der Waals surface area contributed by atoms with Crippen LogP contribution in [0.15, 0.2) is 0 Å². The minimum absolute atomic E-state index is 1.58. The quantitative estimate of drug-likeness (QED) is 0.566. The fraction of sp³-hybridized carbons (Fsp3) is 1.00. The van der Waals surface area contributed by atoms with Crippen molar-refractivity contribution < 1.29 is 0 Å². The fourth-order valence-electron chi connectivity index (χ4n) is 0. The molecule has 0 saturated carbocycles. The predicted octanol–water partition coefficient (Wildman–Crippen LogP) is 2.74. The Bertz CT molecular complexity index is 22.4. The number of halogens is 3. The van der Waals surface area contributed by atoms with Crippen LogP contribution in [0.5, 0.6) is 0 Å². The Morgan fingerprint density at radius 3 is 1.20 bits per heavy atom. The van der Waals surface area contributed by atoms with Crippen LogP contribution in [-0.4, -0.2) is 11.6 Å². The molecule has 0 rings (SSSR count). The van der Waals surface area contributed by atoms with Gasteiger partial charge in [0.1, 0.15) is 0 Å². The Hall–Kier alpha value is 2.23. The summed E-state index contributed by atoms with van der Waals surface area (Å²) in [4.78, 5) is 2.13. The fourth-order valence-corrected chi connectivity index (χ4v) is 0. The molecule has 0 atom stereocenters. The van der Waals surface area contributed by atoms with E-state index in [1.54, 1.807) is 0 Å². The first-order valence-electron chi connectivity index (χ1n) is 0.871. The summed E-state index contributed by atoms with van der Waals surface area (Å²) in [7, 11) is 0. The van der Waals surface area contributed by atoms with E-state index in [1.807, 2.05) is 0 Å². The number of hydrogen-bond acceptors (Lipinski definition) is 0. The van der Waals surface area contributed by atoms with Crippen molar-refractivity contribution in [2.45, 2.75) is 4.97 Å². The van der Waals surface area contributed by atoms with Crippen LogP contribution >= 0.6 is 38.3 Å². The van der Waals surface area contributed by atoms with E-state index in [0.29, 0.717) is 0 Å². The van der Waals surface area contributed by atoms with E-state index in [9.17, 15) is 0 Å². The summed E-state index contributed by atoms with van der Waals surface area (Å²) in [6, 6.07) is 0. The van der Waals surface area contributed by atoms with Crippen molar-refractivity contribution in [3.63, 3.8) is 0 Å². The van der Waals surface area contributed by atoms with Crippen molar-refractivity contribution in [2.75, 3.05) is 0 Å². The standard InChI is InChI=1S/CH3Br3Te/c1-5(2,3)4/h1H3. The van der Waals surface area contributed by atoms with E-state index in [0.717, 1.165) is 0 Å². The molecular weight excluding hydrogens is 379 g/mol. The minimum atomic E-state index is -1.58. The van der Waals surface area contributed by atoms with E-state index in [4.69, 9.17) is 0 Å². The molecule has 0 aromatic heterocycles. The summed E-state index contributed by atoms with van der Waals surface area (Å²) in [6.45, 7) is 0. The van der Waals surface area contributed by atoms with Crippen LogP contribution < -0.4 is 0 Å². The molecule has 0 spiro atoms. The van der Waals surface area contributed by atoms with Crippen molar-refractivity contribution in [3.8, 4) is 0 Å². The first kappa shape index (κ1) is 7.23. The van der Waals surface area contributed by atoms with Crippen molar-refractivity contribution in [1.82, 2.24) is 0 Å². The zero-order valence-corrected chi connectivity index (χ0v) is 9.63. The maximum atomic E-state index is 3.40. The first-order chi connectivity index (χ1) is 2.00. The molecule has 5 heavy (non-hydrogen) atoms. The second-order valence-corrected chi connectivity index (χ2v) is 47.8. The molecule has 0 N–H and O–H groups in total. The maximum absolute atomic E-state index is 3.40. The van der Waals surface area contributed by atoms with E-state index in [-0.39, 0.29) is 0 Å². The van der Waals surface area contributed by atoms with Crippen LogP contribution in [0.25, 0.3) is 0 Å². The Labute approximate surface area is 53.9 Å². The van der Waals surface area contributed by atoms with Crippen molar-refractivity contribution in [2.24, 2.45) is 0 Å². The molecule has 0 bridgehead atoms. The molecule has 0 aliphatic heterocycles. The van der Waals surface area contributed by atoms with Gasteiger partial charge in [-0.1, -0.05) is 0 Å². The van der Waals surface area contributed by atoms with E-state index < -0.39 is 11.6 Å². The molecule has 0 aromatic rings. The van der Waals surface area contributed by atoms with Crippen molar-refractivity contribution in [3.05, 3.63) is 0 Å². The monoisotopic (exact) mass is 382 g/mol. The second kappa shape index (κ2) is 2.52. The average molecular weight is 382 g/mol. The molecule has 0 fully saturated rings. The molecule has 0 amide bonds. The normalized spacial score (nSPS) is 15.2. The van der Waals surface area contributed by atoms with Gasteiger partial charge in [-0.2, -0.15) is 0 Å². The van der Waals surface area contributed by atoms with Gasteiger partial charge in [-0.15, -0.1) is 0 Å². The molecule has 0 aliphatic carbocycles. The molecule has 34 valence electrons. The number of hydrogen-bond donors (Lipinski definition) is 0. The third-order valence-corrected chi connectivity index (χ3v) is 0. The van der Waals surface area contributed by atoms with Gasteiger partial charge in [0.05, 0.1) is 0 Å². The van der Waals surface area contributed by atoms with Gasteiger partial charge in [0.25, 0.3) is 0 Å². The molecular formula is CH3Br3Te. The van der Waals surface area contributed by atoms with Crippen LogP contribution in [0.4, 0.5) is 0 Å². The summed E-state index contributed by atoms with van der Waals surface area (Å²) in [5.74, 6) is 0. The summed E-state index contributed by atoms with van der Waals surface area (Å²) < 4.78 is 0. The summed E-state index contributed by atoms with van der Waals surface area (Å²) in [5, 5.41) is 0. The molecule has 0 unspecified atom stereocenters. The van der Waals surface area contributed by atoms with E-state index >= 15 is 0 Å². The third-order valence-electron chi connectivity index (χ3n) is 0. The Morgan fingerprint density at radius 2 is 1.20 bits per heavy atom. The molecule has 0 radical (unpaired) electrons. The molecule has 0 aromatic carbocycles. The van der Waals surface area contributed by atoms with Crippen molar-refractivity contribution in [1.29, 1.82) is 0 Å². The number of rotatable bonds is 0. The van der Waals surface area contributed by atoms with Gasteiger partial charge in [-0.25, -0.2) is 0 Å². The average Bonchev–Trinajstić information content (AvgIpc) is 0.722. The van der Waals surface area contributed by atoms with Gasteiger partial charge in [0.15, 0.2) is 0 Å². The molecule has 0 nitrogen and oxygen atoms in total. The van der Waals surface area contributed by atoms with Gasteiger partial charge in [-0.05, 0) is 0 Å². The molecule has 4 heteroatoms. The van der Waals surface area contributed by atoms with Gasteiger partial charge >= 0.3 is 54.8 Å². The zero-order valence-electron chi connectivity index (χ0n) is 2.54. The predicted molar refractivity (Wildman–Crippen MR) is 38.4 cm³/mol. The van der Waals surface area contributed by atoms with E-state index in [1.165, 1.54) is 0 Å². The zero-order chi connectivity index (χ0) is 4.50. The first-order valence-corrected chi connectivity index (χ1v) is 18.9. The Balaban J connectivity index is 3.02. The SMILES string of the molecule is C[Te](Br)(Br)Br. The van der Waals surface area contributed by atoms with Gasteiger partial charge < -0.3 is 0 Å². The summed E-state index contributed by atoms with van der Waals surface area (Å²) >= 11 is 8.61. The summed E-state index contributed by atoms with van der Waals surface area (Å²) in [5.41, 5.74) is 0. The van der Waals surface area contributed by atoms with Crippen LogP contribution in [0.1, 0.15) is 0 Å². The van der Waals surface area contributed by atoms with Crippen LogP contribution in [0, 0.1) is 0 Å². The Morgan fingerprint density at radius 1 is 1.20 bits per heavy atom.